The van der Waals surface area contributed by atoms with Crippen LogP contribution in [0.15, 0.2) is 102 Å². The highest BCUT2D eigenvalue weighted by atomic mass is 35.5. The van der Waals surface area contributed by atoms with Crippen LogP contribution in [0.3, 0.4) is 0 Å². The summed E-state index contributed by atoms with van der Waals surface area (Å²) < 4.78 is 29.5. The maximum absolute atomic E-state index is 14.6. The molecule has 4 aromatic carbocycles. The number of benzene rings is 4. The first-order valence-corrected chi connectivity index (χ1v) is 17.3. The van der Waals surface area contributed by atoms with Crippen molar-refractivity contribution in [1.29, 1.82) is 0 Å². The van der Waals surface area contributed by atoms with E-state index in [1.165, 1.54) is 17.0 Å². The molecular weight excluding hydrogens is 641 g/mol. The second kappa shape index (κ2) is 15.6. The molecule has 4 aromatic rings. The lowest BCUT2D eigenvalue weighted by Gasteiger charge is -2.34. The Bertz CT molecular complexity index is 1750. The molecular formula is C36H39Cl2N3O4S. The van der Waals surface area contributed by atoms with Gasteiger partial charge in [0, 0.05) is 19.0 Å². The van der Waals surface area contributed by atoms with Crippen LogP contribution in [0.25, 0.3) is 0 Å². The lowest BCUT2D eigenvalue weighted by atomic mass is 10.0. The molecule has 0 aliphatic carbocycles. The van der Waals surface area contributed by atoms with E-state index in [2.05, 4.69) is 5.32 Å². The van der Waals surface area contributed by atoms with E-state index in [0.29, 0.717) is 27.7 Å². The molecule has 1 N–H and O–H groups in total. The smallest absolute Gasteiger partial charge is 0.264 e. The van der Waals surface area contributed by atoms with Crippen LogP contribution in [0.1, 0.15) is 42.5 Å². The fourth-order valence-corrected chi connectivity index (χ4v) is 6.91. The molecule has 10 heteroatoms. The first kappa shape index (κ1) is 35.0. The molecule has 0 unspecified atom stereocenters. The van der Waals surface area contributed by atoms with Crippen molar-refractivity contribution in [3.8, 4) is 0 Å². The molecule has 0 aliphatic heterocycles. The molecule has 0 spiro atoms. The average Bonchev–Trinajstić information content (AvgIpc) is 3.03. The number of aryl methyl sites for hydroxylation is 2. The first-order chi connectivity index (χ1) is 21.9. The molecule has 0 heterocycles. The summed E-state index contributed by atoms with van der Waals surface area (Å²) in [6.07, 6.45) is 0.908. The van der Waals surface area contributed by atoms with E-state index in [9.17, 15) is 18.0 Å². The summed E-state index contributed by atoms with van der Waals surface area (Å²) in [6, 6.07) is 26.8. The third-order valence-electron chi connectivity index (χ3n) is 7.71. The average molecular weight is 681 g/mol. The van der Waals surface area contributed by atoms with Crippen molar-refractivity contribution in [2.24, 2.45) is 0 Å². The Labute approximate surface area is 282 Å². The molecule has 0 aliphatic rings. The Morgan fingerprint density at radius 1 is 0.804 bits per heavy atom. The molecule has 4 rings (SSSR count). The lowest BCUT2D eigenvalue weighted by Crippen LogP contribution is -2.54. The largest absolute Gasteiger partial charge is 0.352 e. The number of hydrogen-bond donors (Lipinski definition) is 1. The molecule has 2 amide bonds. The van der Waals surface area contributed by atoms with E-state index in [-0.39, 0.29) is 29.8 Å². The molecule has 46 heavy (non-hydrogen) atoms. The topological polar surface area (TPSA) is 86.8 Å². The minimum absolute atomic E-state index is 0.00673. The van der Waals surface area contributed by atoms with Gasteiger partial charge in [-0.3, -0.25) is 13.9 Å². The number of rotatable bonds is 13. The predicted octanol–water partition coefficient (Wildman–Crippen LogP) is 7.36. The van der Waals surface area contributed by atoms with Crippen molar-refractivity contribution < 1.29 is 18.0 Å². The Morgan fingerprint density at radius 3 is 2.00 bits per heavy atom. The maximum Gasteiger partial charge on any atom is 0.264 e. The molecule has 2 atom stereocenters. The van der Waals surface area contributed by atoms with Crippen LogP contribution in [0, 0.1) is 13.8 Å². The van der Waals surface area contributed by atoms with Gasteiger partial charge in [-0.1, -0.05) is 90.8 Å². The Balaban J connectivity index is 1.84. The number of sulfonamides is 1. The van der Waals surface area contributed by atoms with Crippen molar-refractivity contribution in [1.82, 2.24) is 10.2 Å². The van der Waals surface area contributed by atoms with E-state index in [1.54, 1.807) is 48.5 Å². The molecule has 0 fully saturated rings. The number of carbonyl (C=O) groups excluding carboxylic acids is 2. The second-order valence-electron chi connectivity index (χ2n) is 11.5. The van der Waals surface area contributed by atoms with Crippen molar-refractivity contribution in [2.45, 2.75) is 64.1 Å². The van der Waals surface area contributed by atoms with Crippen molar-refractivity contribution >= 4 is 50.7 Å². The SMILES string of the molecule is CC[C@H](C)NC(=O)[C@H](Cc1ccccc1)N(Cc1ccc(Cl)c(Cl)c1)C(=O)CN(c1cc(C)cc(C)c1)S(=O)(=O)c1ccccc1. The number of halogens is 2. The minimum Gasteiger partial charge on any atom is -0.352 e. The van der Waals surface area contributed by atoms with Gasteiger partial charge in [0.15, 0.2) is 0 Å². The summed E-state index contributed by atoms with van der Waals surface area (Å²) in [5.74, 6) is -0.888. The van der Waals surface area contributed by atoms with E-state index in [0.717, 1.165) is 21.0 Å². The Kier molecular flexibility index (Phi) is 11.9. The highest BCUT2D eigenvalue weighted by Crippen LogP contribution is 2.28. The molecule has 242 valence electrons. The zero-order chi connectivity index (χ0) is 33.4. The zero-order valence-electron chi connectivity index (χ0n) is 26.4. The number of anilines is 1. The Morgan fingerprint density at radius 2 is 1.41 bits per heavy atom. The van der Waals surface area contributed by atoms with Gasteiger partial charge in [-0.2, -0.15) is 0 Å². The molecule has 7 nitrogen and oxygen atoms in total. The van der Waals surface area contributed by atoms with E-state index < -0.39 is 28.5 Å². The van der Waals surface area contributed by atoms with Crippen molar-refractivity contribution in [2.75, 3.05) is 10.8 Å². The maximum atomic E-state index is 14.6. The van der Waals surface area contributed by atoms with Gasteiger partial charge in [-0.05, 0) is 85.8 Å². The van der Waals surface area contributed by atoms with Gasteiger partial charge in [0.05, 0.1) is 20.6 Å². The predicted molar refractivity (Wildman–Crippen MR) is 186 cm³/mol. The summed E-state index contributed by atoms with van der Waals surface area (Å²) >= 11 is 12.5. The quantitative estimate of drug-likeness (QED) is 0.160. The van der Waals surface area contributed by atoms with E-state index >= 15 is 0 Å². The molecule has 0 aromatic heterocycles. The van der Waals surface area contributed by atoms with Crippen LogP contribution >= 0.6 is 23.2 Å². The molecule has 0 saturated carbocycles. The van der Waals surface area contributed by atoms with Gasteiger partial charge in [0.2, 0.25) is 11.8 Å². The number of hydrogen-bond acceptors (Lipinski definition) is 4. The van der Waals surface area contributed by atoms with Crippen molar-refractivity contribution in [3.63, 3.8) is 0 Å². The molecule has 0 radical (unpaired) electrons. The van der Waals surface area contributed by atoms with Crippen LogP contribution in [0.2, 0.25) is 10.0 Å². The van der Waals surface area contributed by atoms with Gasteiger partial charge in [-0.15, -0.1) is 0 Å². The van der Waals surface area contributed by atoms with E-state index in [4.69, 9.17) is 23.2 Å². The van der Waals surface area contributed by atoms with Gasteiger partial charge < -0.3 is 10.2 Å². The summed E-state index contributed by atoms with van der Waals surface area (Å²) in [5, 5.41) is 3.70. The van der Waals surface area contributed by atoms with Gasteiger partial charge >= 0.3 is 0 Å². The monoisotopic (exact) mass is 679 g/mol. The number of nitrogens with one attached hydrogen (secondary N) is 1. The van der Waals surface area contributed by atoms with Gasteiger partial charge in [0.1, 0.15) is 12.6 Å². The highest BCUT2D eigenvalue weighted by molar-refractivity contribution is 7.92. The lowest BCUT2D eigenvalue weighted by molar-refractivity contribution is -0.140. The van der Waals surface area contributed by atoms with E-state index in [1.807, 2.05) is 64.1 Å². The highest BCUT2D eigenvalue weighted by Gasteiger charge is 2.35. The zero-order valence-corrected chi connectivity index (χ0v) is 28.7. The fraction of sp³-hybridized carbons (Fsp3) is 0.278. The van der Waals surface area contributed by atoms with Crippen LogP contribution < -0.4 is 9.62 Å². The molecule has 0 bridgehead atoms. The number of carbonyl (C=O) groups is 2. The minimum atomic E-state index is -4.18. The van der Waals surface area contributed by atoms with Crippen LogP contribution in [0.4, 0.5) is 5.69 Å². The fourth-order valence-electron chi connectivity index (χ4n) is 5.17. The normalized spacial score (nSPS) is 12.7. The molecule has 0 saturated heterocycles. The summed E-state index contributed by atoms with van der Waals surface area (Å²) in [4.78, 5) is 30.1. The van der Waals surface area contributed by atoms with Crippen LogP contribution in [0.5, 0.6) is 0 Å². The summed E-state index contributed by atoms with van der Waals surface area (Å²) in [6.45, 7) is 7.06. The van der Waals surface area contributed by atoms with Crippen LogP contribution in [-0.2, 0) is 32.6 Å². The number of amides is 2. The standard InChI is InChI=1S/C36H39Cl2N3O4S/c1-5-27(4)39-36(43)34(22-28-12-8-6-9-13-28)40(23-29-16-17-32(37)33(38)21-29)35(42)24-41(30-19-25(2)18-26(3)20-30)46(44,45)31-14-10-7-11-15-31/h6-21,27,34H,5,22-24H2,1-4H3,(H,39,43)/t27-,34-/m0/s1. The third kappa shape index (κ3) is 8.90. The summed E-state index contributed by atoms with van der Waals surface area (Å²) in [5.41, 5.74) is 3.53. The van der Waals surface area contributed by atoms with Crippen LogP contribution in [-0.4, -0.2) is 43.8 Å². The second-order valence-corrected chi connectivity index (χ2v) is 14.1. The van der Waals surface area contributed by atoms with Gasteiger partial charge in [-0.25, -0.2) is 8.42 Å². The van der Waals surface area contributed by atoms with Crippen molar-refractivity contribution in [3.05, 3.63) is 129 Å². The summed E-state index contributed by atoms with van der Waals surface area (Å²) in [7, 11) is -4.18. The Hall–Kier alpha value is -3.85. The van der Waals surface area contributed by atoms with Gasteiger partial charge in [0.25, 0.3) is 10.0 Å². The number of nitrogens with zero attached hydrogens (tertiary/aromatic N) is 2. The third-order valence-corrected chi connectivity index (χ3v) is 10.2. The first-order valence-electron chi connectivity index (χ1n) is 15.1.